The molecule has 0 aliphatic heterocycles. The number of amides is 2. The van der Waals surface area contributed by atoms with Gasteiger partial charge in [-0.15, -0.1) is 0 Å². The zero-order valence-electron chi connectivity index (χ0n) is 15.5. The van der Waals surface area contributed by atoms with Crippen molar-refractivity contribution in [3.05, 3.63) is 65.2 Å². The summed E-state index contributed by atoms with van der Waals surface area (Å²) in [6, 6.07) is 14.4. The first-order valence-electron chi connectivity index (χ1n) is 8.80. The summed E-state index contributed by atoms with van der Waals surface area (Å²) in [6.07, 6.45) is 0.855. The third-order valence-electron chi connectivity index (χ3n) is 4.17. The first-order valence-corrected chi connectivity index (χ1v) is 8.80. The van der Waals surface area contributed by atoms with Gasteiger partial charge in [-0.25, -0.2) is 0 Å². The summed E-state index contributed by atoms with van der Waals surface area (Å²) < 4.78 is 0. The van der Waals surface area contributed by atoms with Gasteiger partial charge in [-0.05, 0) is 43.0 Å². The summed E-state index contributed by atoms with van der Waals surface area (Å²) in [6.45, 7) is 3.22. The topological polar surface area (TPSA) is 95.5 Å². The molecule has 0 heterocycles. The maximum atomic E-state index is 12.8. The number of hydrogen-bond donors (Lipinski definition) is 3. The first-order chi connectivity index (χ1) is 12.8. The minimum absolute atomic E-state index is 0.0251. The lowest BCUT2D eigenvalue weighted by Crippen LogP contribution is -2.37. The zero-order chi connectivity index (χ0) is 19.8. The van der Waals surface area contributed by atoms with E-state index in [1.165, 1.54) is 6.92 Å². The highest BCUT2D eigenvalue weighted by Gasteiger charge is 2.17. The average Bonchev–Trinajstić information content (AvgIpc) is 2.61. The van der Waals surface area contributed by atoms with E-state index in [4.69, 9.17) is 5.11 Å². The Morgan fingerprint density at radius 3 is 2.41 bits per heavy atom. The molecule has 0 saturated carbocycles. The third kappa shape index (κ3) is 6.58. The van der Waals surface area contributed by atoms with Crippen LogP contribution in [0.15, 0.2) is 48.5 Å². The lowest BCUT2D eigenvalue weighted by molar-refractivity contribution is -0.137. The average molecular weight is 368 g/mol. The van der Waals surface area contributed by atoms with Crippen molar-refractivity contribution in [3.8, 4) is 0 Å². The van der Waals surface area contributed by atoms with Gasteiger partial charge in [0.25, 0.3) is 5.91 Å². The molecule has 0 fully saturated rings. The van der Waals surface area contributed by atoms with Crippen molar-refractivity contribution in [1.29, 1.82) is 0 Å². The summed E-state index contributed by atoms with van der Waals surface area (Å²) >= 11 is 0. The van der Waals surface area contributed by atoms with Crippen molar-refractivity contribution in [2.45, 2.75) is 39.2 Å². The molecule has 2 aromatic rings. The van der Waals surface area contributed by atoms with Crippen LogP contribution < -0.4 is 10.6 Å². The van der Waals surface area contributed by atoms with Crippen LogP contribution in [0, 0.1) is 6.92 Å². The van der Waals surface area contributed by atoms with E-state index in [-0.39, 0.29) is 24.3 Å². The Kier molecular flexibility index (Phi) is 7.11. The van der Waals surface area contributed by atoms with E-state index in [0.717, 1.165) is 11.1 Å². The van der Waals surface area contributed by atoms with Crippen LogP contribution in [0.4, 0.5) is 5.69 Å². The van der Waals surface area contributed by atoms with Gasteiger partial charge < -0.3 is 15.7 Å². The van der Waals surface area contributed by atoms with Gasteiger partial charge >= 0.3 is 5.97 Å². The highest BCUT2D eigenvalue weighted by atomic mass is 16.4. The largest absolute Gasteiger partial charge is 0.481 e. The standard InChI is InChI=1S/C21H24N2O4/c1-14-8-9-18(22-15(2)24)13-19(14)21(27)23-17(10-11-20(25)26)12-16-6-4-3-5-7-16/h3-9,13,17H,10-12H2,1-2H3,(H,22,24)(H,23,27)(H,25,26). The van der Waals surface area contributed by atoms with E-state index in [0.29, 0.717) is 24.1 Å². The third-order valence-corrected chi connectivity index (χ3v) is 4.17. The highest BCUT2D eigenvalue weighted by molar-refractivity contribution is 5.98. The normalized spacial score (nSPS) is 11.5. The van der Waals surface area contributed by atoms with Gasteiger partial charge in [0.1, 0.15) is 0 Å². The summed E-state index contributed by atoms with van der Waals surface area (Å²) in [5.41, 5.74) is 2.80. The molecule has 1 atom stereocenters. The second kappa shape index (κ2) is 9.52. The van der Waals surface area contributed by atoms with Crippen LogP contribution in [0.5, 0.6) is 0 Å². The minimum atomic E-state index is -0.897. The molecule has 142 valence electrons. The van der Waals surface area contributed by atoms with E-state index in [1.54, 1.807) is 18.2 Å². The number of nitrogens with one attached hydrogen (secondary N) is 2. The monoisotopic (exact) mass is 368 g/mol. The SMILES string of the molecule is CC(=O)Nc1ccc(C)c(C(=O)NC(CCC(=O)O)Cc2ccccc2)c1. The van der Waals surface area contributed by atoms with Crippen molar-refractivity contribution < 1.29 is 19.5 Å². The molecule has 0 aromatic heterocycles. The molecule has 1 unspecified atom stereocenters. The van der Waals surface area contributed by atoms with E-state index in [2.05, 4.69) is 10.6 Å². The fraction of sp³-hybridized carbons (Fsp3) is 0.286. The number of carboxylic acid groups (broad SMARTS) is 1. The van der Waals surface area contributed by atoms with Crippen molar-refractivity contribution in [2.24, 2.45) is 0 Å². The van der Waals surface area contributed by atoms with Crippen LogP contribution in [-0.4, -0.2) is 28.9 Å². The minimum Gasteiger partial charge on any atom is -0.481 e. The fourth-order valence-electron chi connectivity index (χ4n) is 2.83. The molecule has 0 aliphatic rings. The smallest absolute Gasteiger partial charge is 0.303 e. The van der Waals surface area contributed by atoms with Gasteiger partial charge in [-0.1, -0.05) is 36.4 Å². The van der Waals surface area contributed by atoms with Gasteiger partial charge in [0.05, 0.1) is 0 Å². The summed E-state index contributed by atoms with van der Waals surface area (Å²) in [7, 11) is 0. The predicted octanol–water partition coefficient (Wildman–Crippen LogP) is 3.16. The van der Waals surface area contributed by atoms with Crippen LogP contribution in [0.2, 0.25) is 0 Å². The van der Waals surface area contributed by atoms with Gasteiger partial charge in [0, 0.05) is 30.6 Å². The van der Waals surface area contributed by atoms with Gasteiger partial charge in [-0.3, -0.25) is 14.4 Å². The number of hydrogen-bond acceptors (Lipinski definition) is 3. The molecule has 0 bridgehead atoms. The molecule has 6 heteroatoms. The Morgan fingerprint density at radius 1 is 1.07 bits per heavy atom. The first kappa shape index (κ1) is 20.2. The molecular formula is C21H24N2O4. The molecule has 0 saturated heterocycles. The predicted molar refractivity (Wildman–Crippen MR) is 104 cm³/mol. The number of aliphatic carboxylic acids is 1. The van der Waals surface area contributed by atoms with Gasteiger partial charge in [-0.2, -0.15) is 0 Å². The van der Waals surface area contributed by atoms with Crippen molar-refractivity contribution in [3.63, 3.8) is 0 Å². The van der Waals surface area contributed by atoms with Crippen LogP contribution in [0.3, 0.4) is 0 Å². The molecule has 0 radical (unpaired) electrons. The van der Waals surface area contributed by atoms with Crippen molar-refractivity contribution in [2.75, 3.05) is 5.32 Å². The Morgan fingerprint density at radius 2 is 1.78 bits per heavy atom. The molecule has 27 heavy (non-hydrogen) atoms. The van der Waals surface area contributed by atoms with Gasteiger partial charge in [0.2, 0.25) is 5.91 Å². The Hall–Kier alpha value is -3.15. The number of aryl methyl sites for hydroxylation is 1. The lowest BCUT2D eigenvalue weighted by Gasteiger charge is -2.19. The number of carbonyl (C=O) groups excluding carboxylic acids is 2. The number of benzene rings is 2. The molecule has 3 N–H and O–H groups in total. The molecule has 0 spiro atoms. The maximum Gasteiger partial charge on any atom is 0.303 e. The van der Waals surface area contributed by atoms with Crippen molar-refractivity contribution in [1.82, 2.24) is 5.32 Å². The van der Waals surface area contributed by atoms with E-state index in [9.17, 15) is 14.4 Å². The number of anilines is 1. The van der Waals surface area contributed by atoms with Gasteiger partial charge in [0.15, 0.2) is 0 Å². The van der Waals surface area contributed by atoms with Crippen LogP contribution in [0.1, 0.15) is 41.3 Å². The Bertz CT molecular complexity index is 818. The van der Waals surface area contributed by atoms with Crippen LogP contribution >= 0.6 is 0 Å². The van der Waals surface area contributed by atoms with Crippen LogP contribution in [0.25, 0.3) is 0 Å². The molecule has 2 rings (SSSR count). The second-order valence-corrected chi connectivity index (χ2v) is 6.50. The molecule has 0 aliphatic carbocycles. The van der Waals surface area contributed by atoms with Crippen molar-refractivity contribution >= 4 is 23.5 Å². The Labute approximate surface area is 158 Å². The zero-order valence-corrected chi connectivity index (χ0v) is 15.5. The molecule has 2 aromatic carbocycles. The lowest BCUT2D eigenvalue weighted by atomic mass is 10.0. The highest BCUT2D eigenvalue weighted by Crippen LogP contribution is 2.17. The molecule has 6 nitrogen and oxygen atoms in total. The van der Waals surface area contributed by atoms with E-state index < -0.39 is 5.97 Å². The number of carboxylic acids is 1. The number of rotatable bonds is 8. The molecular weight excluding hydrogens is 344 g/mol. The summed E-state index contributed by atoms with van der Waals surface area (Å²) in [5, 5.41) is 14.6. The van der Waals surface area contributed by atoms with E-state index >= 15 is 0 Å². The summed E-state index contributed by atoms with van der Waals surface area (Å²) in [5.74, 6) is -1.40. The maximum absolute atomic E-state index is 12.8. The summed E-state index contributed by atoms with van der Waals surface area (Å²) in [4.78, 5) is 35.0. The quantitative estimate of drug-likeness (QED) is 0.667. The molecule has 2 amide bonds. The van der Waals surface area contributed by atoms with Crippen LogP contribution in [-0.2, 0) is 16.0 Å². The fourth-order valence-corrected chi connectivity index (χ4v) is 2.83. The Balaban J connectivity index is 2.16. The van der Waals surface area contributed by atoms with E-state index in [1.807, 2.05) is 37.3 Å². The second-order valence-electron chi connectivity index (χ2n) is 6.50. The number of carbonyl (C=O) groups is 3.